The van der Waals surface area contributed by atoms with E-state index in [-0.39, 0.29) is 22.0 Å². The number of aryl methyl sites for hydroxylation is 1. The second kappa shape index (κ2) is 5.11. The van der Waals surface area contributed by atoms with Crippen LogP contribution in [0.1, 0.15) is 26.5 Å². The quantitative estimate of drug-likeness (QED) is 0.803. The van der Waals surface area contributed by atoms with Crippen molar-refractivity contribution in [1.82, 2.24) is 10.2 Å². The Hall–Kier alpha value is -2.34. The topological polar surface area (TPSA) is 95.1 Å². The van der Waals surface area contributed by atoms with Crippen molar-refractivity contribution in [2.75, 3.05) is 5.32 Å². The molecule has 0 saturated carbocycles. The monoisotopic (exact) mass is 279 g/mol. The number of H-pyrrole nitrogens is 1. The molecule has 0 saturated heterocycles. The maximum atomic E-state index is 11.9. The molecule has 7 heteroatoms. The van der Waals surface area contributed by atoms with Gasteiger partial charge in [0.05, 0.1) is 16.3 Å². The summed E-state index contributed by atoms with van der Waals surface area (Å²) >= 11 is 5.90. The van der Waals surface area contributed by atoms with E-state index in [4.69, 9.17) is 16.7 Å². The first kappa shape index (κ1) is 13.1. The van der Waals surface area contributed by atoms with Crippen LogP contribution in [0.4, 0.5) is 5.69 Å². The van der Waals surface area contributed by atoms with Gasteiger partial charge in [0, 0.05) is 5.69 Å². The molecule has 0 aliphatic heterocycles. The Bertz CT molecular complexity index is 651. The van der Waals surface area contributed by atoms with Gasteiger partial charge in [0.15, 0.2) is 5.69 Å². The Morgan fingerprint density at radius 3 is 2.74 bits per heavy atom. The van der Waals surface area contributed by atoms with E-state index >= 15 is 0 Å². The number of rotatable bonds is 3. The summed E-state index contributed by atoms with van der Waals surface area (Å²) in [7, 11) is 0. The summed E-state index contributed by atoms with van der Waals surface area (Å²) in [6.45, 7) is 1.75. The third kappa shape index (κ3) is 2.74. The highest BCUT2D eigenvalue weighted by atomic mass is 35.5. The summed E-state index contributed by atoms with van der Waals surface area (Å²) < 4.78 is 0. The van der Waals surface area contributed by atoms with E-state index in [1.54, 1.807) is 13.0 Å². The summed E-state index contributed by atoms with van der Waals surface area (Å²) in [4.78, 5) is 23.0. The molecule has 19 heavy (non-hydrogen) atoms. The second-order valence-corrected chi connectivity index (χ2v) is 4.27. The molecule has 3 N–H and O–H groups in total. The highest BCUT2D eigenvalue weighted by Gasteiger charge is 2.17. The highest BCUT2D eigenvalue weighted by molar-refractivity contribution is 6.34. The Morgan fingerprint density at radius 2 is 2.16 bits per heavy atom. The number of carbonyl (C=O) groups excluding carboxylic acids is 1. The lowest BCUT2D eigenvalue weighted by molar-refractivity contribution is 0.0698. The molecule has 0 aliphatic rings. The Labute approximate surface area is 113 Å². The molecule has 98 valence electrons. The zero-order valence-electron chi connectivity index (χ0n) is 9.90. The number of anilines is 1. The smallest absolute Gasteiger partial charge is 0.337 e. The summed E-state index contributed by atoms with van der Waals surface area (Å²) in [6.07, 6.45) is 0. The third-order valence-electron chi connectivity index (χ3n) is 2.42. The van der Waals surface area contributed by atoms with Crippen LogP contribution in [0.2, 0.25) is 5.02 Å². The number of carbonyl (C=O) groups is 2. The predicted octanol–water partition coefficient (Wildman–Crippen LogP) is 2.32. The Kier molecular flexibility index (Phi) is 3.52. The van der Waals surface area contributed by atoms with E-state index in [9.17, 15) is 9.59 Å². The van der Waals surface area contributed by atoms with E-state index in [2.05, 4.69) is 15.5 Å². The van der Waals surface area contributed by atoms with Gasteiger partial charge in [-0.05, 0) is 25.1 Å². The van der Waals surface area contributed by atoms with Crippen molar-refractivity contribution in [2.45, 2.75) is 6.92 Å². The minimum atomic E-state index is -1.17. The normalized spacial score (nSPS) is 10.2. The SMILES string of the molecule is Cc1cc(C(=O)Nc2c(Cl)cccc2C(=O)O)n[nH]1. The first-order chi connectivity index (χ1) is 8.99. The number of aromatic carboxylic acids is 1. The number of nitrogens with one attached hydrogen (secondary N) is 2. The first-order valence-electron chi connectivity index (χ1n) is 5.34. The van der Waals surface area contributed by atoms with Gasteiger partial charge in [0.1, 0.15) is 0 Å². The Balaban J connectivity index is 2.33. The molecule has 0 spiro atoms. The number of aromatic nitrogens is 2. The van der Waals surface area contributed by atoms with Crippen molar-refractivity contribution in [3.05, 3.63) is 46.2 Å². The molecule has 0 fully saturated rings. The number of benzene rings is 1. The van der Waals surface area contributed by atoms with Crippen LogP contribution in [0, 0.1) is 6.92 Å². The standard InChI is InChI=1S/C12H10ClN3O3/c1-6-5-9(16-15-6)11(17)14-10-7(12(18)19)3-2-4-8(10)13/h2-5H,1H3,(H,14,17)(H,15,16)(H,18,19). The van der Waals surface area contributed by atoms with Crippen molar-refractivity contribution in [2.24, 2.45) is 0 Å². The summed E-state index contributed by atoms with van der Waals surface area (Å²) in [5, 5.41) is 18.1. The van der Waals surface area contributed by atoms with Crippen molar-refractivity contribution in [3.63, 3.8) is 0 Å². The van der Waals surface area contributed by atoms with E-state index in [0.717, 1.165) is 5.69 Å². The molecular formula is C12H10ClN3O3. The van der Waals surface area contributed by atoms with Crippen molar-refractivity contribution in [3.8, 4) is 0 Å². The number of hydrogen-bond acceptors (Lipinski definition) is 3. The third-order valence-corrected chi connectivity index (χ3v) is 2.74. The van der Waals surface area contributed by atoms with Gasteiger partial charge in [-0.25, -0.2) is 4.79 Å². The molecule has 1 amide bonds. The number of hydrogen-bond donors (Lipinski definition) is 3. The van der Waals surface area contributed by atoms with Crippen LogP contribution in [0.5, 0.6) is 0 Å². The fourth-order valence-electron chi connectivity index (χ4n) is 1.54. The summed E-state index contributed by atoms with van der Waals surface area (Å²) in [5.74, 6) is -1.70. The zero-order valence-corrected chi connectivity index (χ0v) is 10.7. The van der Waals surface area contributed by atoms with Crippen LogP contribution in [-0.2, 0) is 0 Å². The molecule has 1 aromatic carbocycles. The van der Waals surface area contributed by atoms with Crippen molar-refractivity contribution in [1.29, 1.82) is 0 Å². The zero-order chi connectivity index (χ0) is 14.0. The van der Waals surface area contributed by atoms with Gasteiger partial charge in [-0.15, -0.1) is 0 Å². The van der Waals surface area contributed by atoms with Crippen molar-refractivity contribution >= 4 is 29.2 Å². The number of carboxylic acid groups (broad SMARTS) is 1. The molecule has 2 rings (SSSR count). The molecule has 6 nitrogen and oxygen atoms in total. The van der Waals surface area contributed by atoms with E-state index < -0.39 is 11.9 Å². The average Bonchev–Trinajstić information content (AvgIpc) is 2.78. The molecule has 1 aromatic heterocycles. The van der Waals surface area contributed by atoms with Crippen LogP contribution in [0.3, 0.4) is 0 Å². The molecule has 0 bridgehead atoms. The molecule has 0 aliphatic carbocycles. The van der Waals surface area contributed by atoms with Gasteiger partial charge in [0.2, 0.25) is 0 Å². The highest BCUT2D eigenvalue weighted by Crippen LogP contribution is 2.26. The van der Waals surface area contributed by atoms with Crippen LogP contribution in [-0.4, -0.2) is 27.2 Å². The molecule has 1 heterocycles. The van der Waals surface area contributed by atoms with Crippen LogP contribution in [0.25, 0.3) is 0 Å². The number of para-hydroxylation sites is 1. The second-order valence-electron chi connectivity index (χ2n) is 3.86. The number of nitrogens with zero attached hydrogens (tertiary/aromatic N) is 1. The molecular weight excluding hydrogens is 270 g/mol. The maximum Gasteiger partial charge on any atom is 0.337 e. The van der Waals surface area contributed by atoms with Gasteiger partial charge < -0.3 is 10.4 Å². The first-order valence-corrected chi connectivity index (χ1v) is 5.72. The minimum absolute atomic E-state index is 0.0577. The van der Waals surface area contributed by atoms with Crippen LogP contribution >= 0.6 is 11.6 Å². The van der Waals surface area contributed by atoms with Gasteiger partial charge >= 0.3 is 5.97 Å². The van der Waals surface area contributed by atoms with E-state index in [1.807, 2.05) is 0 Å². The van der Waals surface area contributed by atoms with Crippen LogP contribution in [0.15, 0.2) is 24.3 Å². The fourth-order valence-corrected chi connectivity index (χ4v) is 1.76. The number of carboxylic acids is 1. The van der Waals surface area contributed by atoms with Gasteiger partial charge in [-0.1, -0.05) is 17.7 Å². The average molecular weight is 280 g/mol. The molecule has 0 atom stereocenters. The minimum Gasteiger partial charge on any atom is -0.478 e. The Morgan fingerprint density at radius 1 is 1.42 bits per heavy atom. The van der Waals surface area contributed by atoms with Gasteiger partial charge in [-0.3, -0.25) is 9.89 Å². The molecule has 0 unspecified atom stereocenters. The largest absolute Gasteiger partial charge is 0.478 e. The summed E-state index contributed by atoms with van der Waals surface area (Å²) in [5.41, 5.74) is 0.868. The lowest BCUT2D eigenvalue weighted by Crippen LogP contribution is -2.15. The molecule has 2 aromatic rings. The van der Waals surface area contributed by atoms with E-state index in [1.165, 1.54) is 18.2 Å². The number of halogens is 1. The van der Waals surface area contributed by atoms with Gasteiger partial charge in [-0.2, -0.15) is 5.10 Å². The predicted molar refractivity (Wildman–Crippen MR) is 69.7 cm³/mol. The number of amides is 1. The lowest BCUT2D eigenvalue weighted by Gasteiger charge is -2.08. The van der Waals surface area contributed by atoms with Gasteiger partial charge in [0.25, 0.3) is 5.91 Å². The molecule has 0 radical (unpaired) electrons. The van der Waals surface area contributed by atoms with E-state index in [0.29, 0.717) is 0 Å². The maximum absolute atomic E-state index is 11.9. The fraction of sp³-hybridized carbons (Fsp3) is 0.0833. The van der Waals surface area contributed by atoms with Crippen LogP contribution < -0.4 is 5.32 Å². The summed E-state index contributed by atoms with van der Waals surface area (Å²) in [6, 6.07) is 5.91. The van der Waals surface area contributed by atoms with Crippen molar-refractivity contribution < 1.29 is 14.7 Å². The number of aromatic amines is 1. The lowest BCUT2D eigenvalue weighted by atomic mass is 10.1.